The van der Waals surface area contributed by atoms with Crippen molar-refractivity contribution in [3.05, 3.63) is 53.1 Å². The van der Waals surface area contributed by atoms with Gasteiger partial charge in [0.2, 0.25) is 0 Å². The molecular weight excluding hydrogens is 338 g/mol. The number of benzene rings is 2. The van der Waals surface area contributed by atoms with Gasteiger partial charge in [-0.1, -0.05) is 59.7 Å². The molecule has 0 saturated heterocycles. The molecule has 0 heterocycles. The smallest absolute Gasteiger partial charge is 0.128 e. The highest BCUT2D eigenvalue weighted by atomic mass is 32.2. The first-order valence-electron chi connectivity index (χ1n) is 9.02. The quantitative estimate of drug-likeness (QED) is 0.474. The Morgan fingerprint density at radius 2 is 1.58 bits per heavy atom. The first kappa shape index (κ1) is 20.6. The zero-order chi connectivity index (χ0) is 19.7. The van der Waals surface area contributed by atoms with E-state index >= 15 is 0 Å². The molecule has 3 heteroatoms. The largest absolute Gasteiger partial charge is 0.507 e. The number of aliphatic imine (C=N–C) groups is 1. The van der Waals surface area contributed by atoms with Gasteiger partial charge in [-0.3, -0.25) is 4.99 Å². The fourth-order valence-electron chi connectivity index (χ4n) is 2.88. The lowest BCUT2D eigenvalue weighted by Crippen LogP contribution is -2.18. The highest BCUT2D eigenvalue weighted by Crippen LogP contribution is 2.38. The molecule has 2 nitrogen and oxygen atoms in total. The van der Waals surface area contributed by atoms with E-state index in [1.165, 1.54) is 5.56 Å². The van der Waals surface area contributed by atoms with Crippen LogP contribution in [0.3, 0.4) is 0 Å². The van der Waals surface area contributed by atoms with E-state index in [0.717, 1.165) is 27.4 Å². The molecule has 2 rings (SSSR count). The molecule has 0 atom stereocenters. The van der Waals surface area contributed by atoms with Crippen LogP contribution in [0.25, 0.3) is 0 Å². The van der Waals surface area contributed by atoms with E-state index in [9.17, 15) is 5.11 Å². The molecule has 26 heavy (non-hydrogen) atoms. The van der Waals surface area contributed by atoms with Crippen molar-refractivity contribution in [2.75, 3.05) is 6.26 Å². The van der Waals surface area contributed by atoms with Crippen molar-refractivity contribution in [1.29, 1.82) is 0 Å². The number of phenols is 1. The predicted octanol–water partition coefficient (Wildman–Crippen LogP) is 6.85. The molecule has 140 valence electrons. The fourth-order valence-corrected chi connectivity index (χ4v) is 3.42. The lowest BCUT2D eigenvalue weighted by Gasteiger charge is -2.27. The van der Waals surface area contributed by atoms with Crippen molar-refractivity contribution in [3.63, 3.8) is 0 Å². The molecule has 0 radical (unpaired) electrons. The topological polar surface area (TPSA) is 32.6 Å². The summed E-state index contributed by atoms with van der Waals surface area (Å²) in [5.74, 6) is 0.341. The molecule has 0 fully saturated rings. The van der Waals surface area contributed by atoms with E-state index in [-0.39, 0.29) is 10.8 Å². The van der Waals surface area contributed by atoms with E-state index in [2.05, 4.69) is 66.0 Å². The zero-order valence-corrected chi connectivity index (χ0v) is 18.1. The second-order valence-corrected chi connectivity index (χ2v) is 9.64. The first-order chi connectivity index (χ1) is 11.9. The Labute approximate surface area is 162 Å². The highest BCUT2D eigenvalue weighted by Gasteiger charge is 2.25. The van der Waals surface area contributed by atoms with Gasteiger partial charge in [-0.25, -0.2) is 0 Å². The zero-order valence-electron chi connectivity index (χ0n) is 17.3. The number of para-hydroxylation sites is 1. The second kappa shape index (κ2) is 7.48. The molecule has 0 aliphatic heterocycles. The molecule has 0 aromatic heterocycles. The van der Waals surface area contributed by atoms with Crippen LogP contribution in [0, 0.1) is 0 Å². The maximum atomic E-state index is 11.0. The van der Waals surface area contributed by atoms with Crippen LogP contribution in [0.1, 0.15) is 65.2 Å². The summed E-state index contributed by atoms with van der Waals surface area (Å²) in [4.78, 5) is 5.98. The van der Waals surface area contributed by atoms with Crippen molar-refractivity contribution in [3.8, 4) is 5.75 Å². The molecule has 1 N–H and O–H groups in total. The van der Waals surface area contributed by atoms with Crippen LogP contribution in [-0.2, 0) is 10.8 Å². The molecule has 0 aliphatic carbocycles. The van der Waals surface area contributed by atoms with E-state index < -0.39 is 0 Å². The van der Waals surface area contributed by atoms with Crippen LogP contribution in [-0.4, -0.2) is 17.1 Å². The van der Waals surface area contributed by atoms with Crippen molar-refractivity contribution in [1.82, 2.24) is 0 Å². The Balaban J connectivity index is 2.69. The predicted molar refractivity (Wildman–Crippen MR) is 116 cm³/mol. The number of nitrogens with zero attached hydrogens (tertiary/aromatic N) is 1. The fraction of sp³-hybridized carbons (Fsp3) is 0.435. The van der Waals surface area contributed by atoms with E-state index in [0.29, 0.717) is 5.75 Å². The van der Waals surface area contributed by atoms with Crippen LogP contribution in [0.5, 0.6) is 5.75 Å². The molecular formula is C23H31NOS. The molecule has 2 aromatic carbocycles. The maximum Gasteiger partial charge on any atom is 0.128 e. The van der Waals surface area contributed by atoms with Gasteiger partial charge in [0, 0.05) is 21.7 Å². The summed E-state index contributed by atoms with van der Waals surface area (Å²) in [6.07, 6.45) is 2.05. The van der Waals surface area contributed by atoms with Gasteiger partial charge in [-0.2, -0.15) is 0 Å². The van der Waals surface area contributed by atoms with Crippen molar-refractivity contribution in [2.24, 2.45) is 4.99 Å². The SMILES string of the molecule is CSc1ccccc1N=C(C)c1cc(C(C)(C)C)cc(C(C)(C)C)c1O. The molecule has 0 amide bonds. The van der Waals surface area contributed by atoms with Crippen LogP contribution in [0.4, 0.5) is 5.69 Å². The Hall–Kier alpha value is -1.74. The summed E-state index contributed by atoms with van der Waals surface area (Å²) in [7, 11) is 0. The van der Waals surface area contributed by atoms with Crippen molar-refractivity contribution < 1.29 is 5.11 Å². The molecule has 0 spiro atoms. The van der Waals surface area contributed by atoms with Crippen molar-refractivity contribution in [2.45, 2.75) is 64.2 Å². The first-order valence-corrected chi connectivity index (χ1v) is 10.2. The Morgan fingerprint density at radius 1 is 0.962 bits per heavy atom. The summed E-state index contributed by atoms with van der Waals surface area (Å²) in [6, 6.07) is 12.3. The van der Waals surface area contributed by atoms with Gasteiger partial charge in [0.25, 0.3) is 0 Å². The summed E-state index contributed by atoms with van der Waals surface area (Å²) in [5.41, 5.74) is 4.63. The van der Waals surface area contributed by atoms with Crippen LogP contribution in [0.2, 0.25) is 0 Å². The Kier molecular flexibility index (Phi) is 5.92. The number of rotatable bonds is 3. The molecule has 0 unspecified atom stereocenters. The third-order valence-electron chi connectivity index (χ3n) is 4.55. The lowest BCUT2D eigenvalue weighted by atomic mass is 9.78. The van der Waals surface area contributed by atoms with Gasteiger partial charge >= 0.3 is 0 Å². The Bertz CT molecular complexity index is 823. The van der Waals surface area contributed by atoms with Crippen LogP contribution >= 0.6 is 11.8 Å². The second-order valence-electron chi connectivity index (χ2n) is 8.79. The van der Waals surface area contributed by atoms with E-state index in [4.69, 9.17) is 4.99 Å². The van der Waals surface area contributed by atoms with Crippen LogP contribution in [0.15, 0.2) is 46.3 Å². The number of hydrogen-bond donors (Lipinski definition) is 1. The minimum atomic E-state index is -0.141. The van der Waals surface area contributed by atoms with E-state index in [1.54, 1.807) is 11.8 Å². The molecule has 0 saturated carbocycles. The number of hydrogen-bond acceptors (Lipinski definition) is 3. The summed E-state index contributed by atoms with van der Waals surface area (Å²) in [5, 5.41) is 11.0. The lowest BCUT2D eigenvalue weighted by molar-refractivity contribution is 0.443. The number of thioether (sulfide) groups is 1. The number of phenolic OH excluding ortho intramolecular Hbond substituents is 1. The molecule has 0 aliphatic rings. The third kappa shape index (κ3) is 4.50. The Morgan fingerprint density at radius 3 is 2.12 bits per heavy atom. The monoisotopic (exact) mass is 369 g/mol. The highest BCUT2D eigenvalue weighted by molar-refractivity contribution is 7.98. The maximum absolute atomic E-state index is 11.0. The number of aromatic hydroxyl groups is 1. The summed E-state index contributed by atoms with van der Waals surface area (Å²) >= 11 is 1.68. The average Bonchev–Trinajstić information content (AvgIpc) is 2.53. The van der Waals surface area contributed by atoms with Gasteiger partial charge in [-0.15, -0.1) is 11.8 Å². The molecule has 0 bridgehead atoms. The van der Waals surface area contributed by atoms with Gasteiger partial charge < -0.3 is 5.11 Å². The van der Waals surface area contributed by atoms with Gasteiger partial charge in [0.1, 0.15) is 5.75 Å². The van der Waals surface area contributed by atoms with Gasteiger partial charge in [0.15, 0.2) is 0 Å². The standard InChI is InChI=1S/C23H31NOS/c1-15(24-19-11-9-10-12-20(19)26-8)17-13-16(22(2,3)4)14-18(21(17)25)23(5,6)7/h9-14,25H,1-8H3. The third-order valence-corrected chi connectivity index (χ3v) is 5.33. The van der Waals surface area contributed by atoms with E-state index in [1.807, 2.05) is 25.1 Å². The van der Waals surface area contributed by atoms with Gasteiger partial charge in [-0.05, 0) is 47.8 Å². The normalized spacial score (nSPS) is 13.2. The van der Waals surface area contributed by atoms with Crippen molar-refractivity contribution >= 4 is 23.2 Å². The summed E-state index contributed by atoms with van der Waals surface area (Å²) < 4.78 is 0. The van der Waals surface area contributed by atoms with Crippen LogP contribution < -0.4 is 0 Å². The minimum Gasteiger partial charge on any atom is -0.507 e. The minimum absolute atomic E-state index is 0.0000916. The molecule has 2 aromatic rings. The van der Waals surface area contributed by atoms with Gasteiger partial charge in [0.05, 0.1) is 5.69 Å². The average molecular weight is 370 g/mol. The summed E-state index contributed by atoms with van der Waals surface area (Å²) in [6.45, 7) is 15.0.